The van der Waals surface area contributed by atoms with Crippen LogP contribution in [0.25, 0.3) is 0 Å². The van der Waals surface area contributed by atoms with Gasteiger partial charge in [0.2, 0.25) is 0 Å². The van der Waals surface area contributed by atoms with Crippen LogP contribution in [0.1, 0.15) is 28.4 Å². The molecule has 0 saturated carbocycles. The molecule has 1 N–H and O–H groups in total. The molecule has 0 fully saturated rings. The Kier molecular flexibility index (Phi) is 4.32. The summed E-state index contributed by atoms with van der Waals surface area (Å²) in [7, 11) is 0. The summed E-state index contributed by atoms with van der Waals surface area (Å²) in [5.74, 6) is -0.320. The standard InChI is InChI=1S/C11H10BrF3O2/c1-6(17)10(12)9-4-8(11(13,14)15)3-2-7(9)5-16/h2-4,10,16H,5H2,1H3. The lowest BCUT2D eigenvalue weighted by Crippen LogP contribution is -2.10. The van der Waals surface area contributed by atoms with Gasteiger partial charge in [-0.1, -0.05) is 22.0 Å². The van der Waals surface area contributed by atoms with Crippen molar-refractivity contribution < 1.29 is 23.1 Å². The lowest BCUT2D eigenvalue weighted by atomic mass is 10.00. The maximum Gasteiger partial charge on any atom is 0.416 e. The van der Waals surface area contributed by atoms with Crippen molar-refractivity contribution in [2.45, 2.75) is 24.5 Å². The number of hydrogen-bond acceptors (Lipinski definition) is 2. The van der Waals surface area contributed by atoms with Gasteiger partial charge in [0.15, 0.2) is 0 Å². The van der Waals surface area contributed by atoms with Crippen molar-refractivity contribution in [2.75, 3.05) is 0 Å². The summed E-state index contributed by atoms with van der Waals surface area (Å²) >= 11 is 3.01. The SMILES string of the molecule is CC(=O)C(Br)c1cc(C(F)(F)F)ccc1CO. The number of halogens is 4. The lowest BCUT2D eigenvalue weighted by Gasteiger charge is -2.14. The third-order valence-electron chi connectivity index (χ3n) is 2.27. The molecule has 0 amide bonds. The summed E-state index contributed by atoms with van der Waals surface area (Å²) in [5, 5.41) is 9.03. The van der Waals surface area contributed by atoms with Gasteiger partial charge >= 0.3 is 6.18 Å². The Morgan fingerprint density at radius 2 is 2.06 bits per heavy atom. The molecule has 1 aromatic rings. The van der Waals surface area contributed by atoms with Gasteiger partial charge in [0.1, 0.15) is 5.78 Å². The van der Waals surface area contributed by atoms with Crippen molar-refractivity contribution in [2.24, 2.45) is 0 Å². The predicted molar refractivity (Wildman–Crippen MR) is 59.7 cm³/mol. The lowest BCUT2D eigenvalue weighted by molar-refractivity contribution is -0.137. The van der Waals surface area contributed by atoms with Gasteiger partial charge < -0.3 is 5.11 Å². The van der Waals surface area contributed by atoms with Crippen LogP contribution in [0.2, 0.25) is 0 Å². The number of alkyl halides is 4. The van der Waals surface area contributed by atoms with Crippen molar-refractivity contribution in [3.05, 3.63) is 34.9 Å². The maximum absolute atomic E-state index is 12.5. The summed E-state index contributed by atoms with van der Waals surface area (Å²) in [5.41, 5.74) is -0.389. The predicted octanol–water partition coefficient (Wildman–Crippen LogP) is 3.22. The molecular weight excluding hydrogens is 301 g/mol. The molecule has 0 heterocycles. The molecule has 2 nitrogen and oxygen atoms in total. The second-order valence-electron chi connectivity index (χ2n) is 3.54. The molecule has 0 saturated heterocycles. The average molecular weight is 311 g/mol. The summed E-state index contributed by atoms with van der Waals surface area (Å²) in [6.45, 7) is 0.851. The number of hydrogen-bond donors (Lipinski definition) is 1. The maximum atomic E-state index is 12.5. The first-order valence-electron chi connectivity index (χ1n) is 4.72. The highest BCUT2D eigenvalue weighted by molar-refractivity contribution is 9.09. The molecule has 0 aliphatic rings. The van der Waals surface area contributed by atoms with Crippen molar-refractivity contribution in [3.63, 3.8) is 0 Å². The Morgan fingerprint density at radius 3 is 2.47 bits per heavy atom. The molecule has 0 aliphatic carbocycles. The van der Waals surface area contributed by atoms with Gasteiger partial charge in [0.25, 0.3) is 0 Å². The zero-order valence-electron chi connectivity index (χ0n) is 8.88. The molecule has 6 heteroatoms. The quantitative estimate of drug-likeness (QED) is 0.870. The van der Waals surface area contributed by atoms with Gasteiger partial charge in [-0.2, -0.15) is 13.2 Å². The van der Waals surface area contributed by atoms with E-state index in [-0.39, 0.29) is 11.3 Å². The minimum absolute atomic E-state index is 0.148. The van der Waals surface area contributed by atoms with E-state index in [1.165, 1.54) is 13.0 Å². The molecular formula is C11H10BrF3O2. The van der Waals surface area contributed by atoms with E-state index < -0.39 is 23.2 Å². The fraction of sp³-hybridized carbons (Fsp3) is 0.364. The minimum Gasteiger partial charge on any atom is -0.392 e. The van der Waals surface area contributed by atoms with Gasteiger partial charge in [-0.25, -0.2) is 0 Å². The van der Waals surface area contributed by atoms with Crippen LogP contribution in [0, 0.1) is 0 Å². The van der Waals surface area contributed by atoms with Gasteiger partial charge in [-0.3, -0.25) is 4.79 Å². The van der Waals surface area contributed by atoms with Crippen LogP contribution >= 0.6 is 15.9 Å². The third kappa shape index (κ3) is 3.29. The summed E-state index contributed by atoms with van der Waals surface area (Å²) in [6.07, 6.45) is -4.47. The highest BCUT2D eigenvalue weighted by Gasteiger charge is 2.32. The fourth-order valence-corrected chi connectivity index (χ4v) is 1.80. The Balaban J connectivity index is 3.29. The Labute approximate surface area is 105 Å². The van der Waals surface area contributed by atoms with Crippen LogP contribution in [0.4, 0.5) is 13.2 Å². The van der Waals surface area contributed by atoms with E-state index >= 15 is 0 Å². The normalized spacial score (nSPS) is 13.5. The molecule has 17 heavy (non-hydrogen) atoms. The van der Waals surface area contributed by atoms with Crippen LogP contribution in [-0.4, -0.2) is 10.9 Å². The Morgan fingerprint density at radius 1 is 1.47 bits per heavy atom. The fourth-order valence-electron chi connectivity index (χ4n) is 1.37. The van der Waals surface area contributed by atoms with E-state index in [4.69, 9.17) is 5.11 Å². The van der Waals surface area contributed by atoms with Gasteiger partial charge in [-0.15, -0.1) is 0 Å². The number of benzene rings is 1. The molecule has 1 aromatic carbocycles. The molecule has 0 aromatic heterocycles. The summed E-state index contributed by atoms with van der Waals surface area (Å²) in [4.78, 5) is 10.3. The zero-order chi connectivity index (χ0) is 13.2. The first-order chi connectivity index (χ1) is 7.77. The van der Waals surface area contributed by atoms with E-state index in [0.29, 0.717) is 5.56 Å². The Bertz CT molecular complexity index is 429. The van der Waals surface area contributed by atoms with E-state index in [2.05, 4.69) is 15.9 Å². The molecule has 1 atom stereocenters. The largest absolute Gasteiger partial charge is 0.416 e. The van der Waals surface area contributed by atoms with Gasteiger partial charge in [0.05, 0.1) is 17.0 Å². The highest BCUT2D eigenvalue weighted by atomic mass is 79.9. The average Bonchev–Trinajstić information content (AvgIpc) is 2.25. The summed E-state index contributed by atoms with van der Waals surface area (Å²) in [6, 6.07) is 2.94. The molecule has 1 rings (SSSR count). The number of aliphatic hydroxyl groups is 1. The van der Waals surface area contributed by atoms with E-state index in [0.717, 1.165) is 12.1 Å². The second-order valence-corrected chi connectivity index (χ2v) is 4.46. The van der Waals surface area contributed by atoms with Crippen LogP contribution in [0.15, 0.2) is 18.2 Å². The Hall–Kier alpha value is -0.880. The number of aliphatic hydroxyl groups excluding tert-OH is 1. The first-order valence-corrected chi connectivity index (χ1v) is 5.64. The van der Waals surface area contributed by atoms with Crippen LogP contribution in [0.3, 0.4) is 0 Å². The molecule has 0 radical (unpaired) electrons. The number of rotatable bonds is 3. The monoisotopic (exact) mass is 310 g/mol. The summed E-state index contributed by atoms with van der Waals surface area (Å²) < 4.78 is 37.5. The van der Waals surface area contributed by atoms with Crippen molar-refractivity contribution >= 4 is 21.7 Å². The molecule has 94 valence electrons. The topological polar surface area (TPSA) is 37.3 Å². The number of carbonyl (C=O) groups is 1. The molecule has 1 unspecified atom stereocenters. The van der Waals surface area contributed by atoms with Crippen molar-refractivity contribution in [3.8, 4) is 0 Å². The van der Waals surface area contributed by atoms with Crippen LogP contribution in [0.5, 0.6) is 0 Å². The van der Waals surface area contributed by atoms with Crippen LogP contribution in [-0.2, 0) is 17.6 Å². The highest BCUT2D eigenvalue weighted by Crippen LogP contribution is 2.34. The van der Waals surface area contributed by atoms with Crippen LogP contribution < -0.4 is 0 Å². The zero-order valence-corrected chi connectivity index (χ0v) is 10.5. The van der Waals surface area contributed by atoms with E-state index in [1.807, 2.05) is 0 Å². The van der Waals surface area contributed by atoms with E-state index in [9.17, 15) is 18.0 Å². The smallest absolute Gasteiger partial charge is 0.392 e. The van der Waals surface area contributed by atoms with Crippen molar-refractivity contribution in [1.82, 2.24) is 0 Å². The minimum atomic E-state index is -4.47. The second kappa shape index (κ2) is 5.18. The third-order valence-corrected chi connectivity index (χ3v) is 3.41. The van der Waals surface area contributed by atoms with E-state index in [1.54, 1.807) is 0 Å². The number of carbonyl (C=O) groups excluding carboxylic acids is 1. The first kappa shape index (κ1) is 14.2. The molecule has 0 aliphatic heterocycles. The number of ketones is 1. The molecule has 0 spiro atoms. The van der Waals surface area contributed by atoms with Gasteiger partial charge in [0, 0.05) is 0 Å². The van der Waals surface area contributed by atoms with Crippen molar-refractivity contribution in [1.29, 1.82) is 0 Å². The molecule has 0 bridgehead atoms. The van der Waals surface area contributed by atoms with Gasteiger partial charge in [-0.05, 0) is 30.2 Å². The number of Topliss-reactive ketones (excluding diaryl/α,β-unsaturated/α-hetero) is 1.